The van der Waals surface area contributed by atoms with Crippen LogP contribution in [0.2, 0.25) is 0 Å². The fraction of sp³-hybridized carbons (Fsp3) is 0.381. The molecule has 0 aromatic heterocycles. The van der Waals surface area contributed by atoms with E-state index < -0.39 is 12.0 Å². The van der Waals surface area contributed by atoms with Crippen LogP contribution in [0.5, 0.6) is 5.75 Å². The zero-order valence-corrected chi connectivity index (χ0v) is 16.3. The van der Waals surface area contributed by atoms with Gasteiger partial charge >= 0.3 is 6.11 Å². The maximum absolute atomic E-state index is 13.3. The predicted octanol–water partition coefficient (Wildman–Crippen LogP) is 5.82. The quantitative estimate of drug-likeness (QED) is 0.364. The molecule has 2 aromatic carbocycles. The molecule has 7 heteroatoms. The van der Waals surface area contributed by atoms with Gasteiger partial charge in [0.1, 0.15) is 11.6 Å². The topological polar surface area (TPSA) is 47.6 Å². The molecular weight excluding hydrogens is 372 g/mol. The molecule has 0 aliphatic carbocycles. The summed E-state index contributed by atoms with van der Waals surface area (Å²) >= 11 is 0. The zero-order chi connectivity index (χ0) is 21.1. The Bertz CT molecular complexity index is 835. The Kier molecular flexibility index (Phi) is 6.37. The first-order valence-electron chi connectivity index (χ1n) is 8.85. The molecule has 0 bridgehead atoms. The molecule has 0 saturated carbocycles. The molecule has 0 heterocycles. The van der Waals surface area contributed by atoms with E-state index in [1.54, 1.807) is 12.1 Å². The van der Waals surface area contributed by atoms with Crippen LogP contribution in [0.25, 0.3) is 0 Å². The van der Waals surface area contributed by atoms with Crippen molar-refractivity contribution in [3.8, 4) is 5.75 Å². The van der Waals surface area contributed by atoms with Gasteiger partial charge in [0.2, 0.25) is 0 Å². The number of ether oxygens (including phenoxy) is 1. The van der Waals surface area contributed by atoms with Crippen molar-refractivity contribution < 1.29 is 22.3 Å². The Morgan fingerprint density at radius 2 is 1.64 bits per heavy atom. The van der Waals surface area contributed by atoms with Gasteiger partial charge in [-0.05, 0) is 29.2 Å². The van der Waals surface area contributed by atoms with E-state index in [0.29, 0.717) is 12.5 Å². The van der Waals surface area contributed by atoms with Crippen LogP contribution in [-0.2, 0) is 12.5 Å². The molecule has 2 N–H and O–H groups in total. The second kappa shape index (κ2) is 8.20. The van der Waals surface area contributed by atoms with Gasteiger partial charge in [0.05, 0.1) is 12.1 Å². The summed E-state index contributed by atoms with van der Waals surface area (Å²) in [5.41, 5.74) is 7.77. The van der Waals surface area contributed by atoms with Gasteiger partial charge in [-0.25, -0.2) is 8.78 Å². The van der Waals surface area contributed by atoms with Crippen molar-refractivity contribution in [2.45, 2.75) is 52.2 Å². The number of aliphatic imine (C=N–C) groups is 1. The highest BCUT2D eigenvalue weighted by Gasteiger charge is 2.26. The van der Waals surface area contributed by atoms with Crippen LogP contribution in [-0.4, -0.2) is 11.9 Å². The molecule has 28 heavy (non-hydrogen) atoms. The van der Waals surface area contributed by atoms with Gasteiger partial charge in [0.25, 0.3) is 5.92 Å². The summed E-state index contributed by atoms with van der Waals surface area (Å²) in [5, 5.41) is 0. The lowest BCUT2D eigenvalue weighted by molar-refractivity contribution is -0.159. The lowest BCUT2D eigenvalue weighted by Gasteiger charge is -2.18. The first kappa shape index (κ1) is 21.7. The summed E-state index contributed by atoms with van der Waals surface area (Å²) in [6.07, 6.45) is -3.37. The molecule has 0 aliphatic rings. The van der Waals surface area contributed by atoms with E-state index in [0.717, 1.165) is 12.5 Å². The molecule has 0 amide bonds. The number of nitrogens with zero attached hydrogens (tertiary/aromatic N) is 1. The summed E-state index contributed by atoms with van der Waals surface area (Å²) in [6, 6.07) is 10.5. The highest BCUT2D eigenvalue weighted by Crippen LogP contribution is 2.29. The van der Waals surface area contributed by atoms with E-state index >= 15 is 0 Å². The molecule has 3 nitrogen and oxygen atoms in total. The Labute approximate surface area is 162 Å². The first-order valence-corrected chi connectivity index (χ1v) is 8.85. The van der Waals surface area contributed by atoms with Gasteiger partial charge in [-0.2, -0.15) is 8.78 Å². The minimum Gasteiger partial charge on any atom is -0.432 e. The second-order valence-corrected chi connectivity index (χ2v) is 7.11. The van der Waals surface area contributed by atoms with Gasteiger partial charge in [0, 0.05) is 19.4 Å². The van der Waals surface area contributed by atoms with Gasteiger partial charge in [0.15, 0.2) is 0 Å². The van der Waals surface area contributed by atoms with Crippen LogP contribution in [0, 0.1) is 0 Å². The third kappa shape index (κ3) is 5.97. The molecule has 0 fully saturated rings. The minimum absolute atomic E-state index is 0.0339. The largest absolute Gasteiger partial charge is 0.432 e. The van der Waals surface area contributed by atoms with Crippen molar-refractivity contribution in [3.63, 3.8) is 0 Å². The fourth-order valence-corrected chi connectivity index (χ4v) is 2.55. The third-order valence-electron chi connectivity index (χ3n) is 4.13. The summed E-state index contributed by atoms with van der Waals surface area (Å²) in [7, 11) is 0. The lowest BCUT2D eigenvalue weighted by atomic mass is 10.00. The number of nitrogens with two attached hydrogens (primary N) is 1. The van der Waals surface area contributed by atoms with Gasteiger partial charge in [-0.3, -0.25) is 4.99 Å². The van der Waals surface area contributed by atoms with Crippen molar-refractivity contribution in [2.24, 2.45) is 10.7 Å². The fourth-order valence-electron chi connectivity index (χ4n) is 2.55. The van der Waals surface area contributed by atoms with E-state index in [9.17, 15) is 17.6 Å². The van der Waals surface area contributed by atoms with E-state index in [4.69, 9.17) is 10.5 Å². The van der Waals surface area contributed by atoms with E-state index in [2.05, 4.69) is 4.99 Å². The average molecular weight is 396 g/mol. The van der Waals surface area contributed by atoms with E-state index in [1.807, 2.05) is 13.8 Å². The van der Waals surface area contributed by atoms with Gasteiger partial charge in [-0.1, -0.05) is 44.2 Å². The predicted molar refractivity (Wildman–Crippen MR) is 102 cm³/mol. The standard InChI is InChI=1S/C21H24F4N2O/c1-13(2)15-7-10-18(28-21(4,24)25)17(11-15)19(26)27-12-14-5-8-16(9-6-14)20(3,22)23/h5-11,13H,12H2,1-4H3,(H2,26,27). The summed E-state index contributed by atoms with van der Waals surface area (Å²) in [4.78, 5) is 4.23. The maximum atomic E-state index is 13.3. The zero-order valence-electron chi connectivity index (χ0n) is 16.3. The number of alkyl halides is 4. The Balaban J connectivity index is 2.30. The van der Waals surface area contributed by atoms with Gasteiger partial charge in [-0.15, -0.1) is 0 Å². The number of benzene rings is 2. The van der Waals surface area contributed by atoms with Crippen molar-refractivity contribution in [1.29, 1.82) is 0 Å². The Morgan fingerprint density at radius 1 is 1.04 bits per heavy atom. The summed E-state index contributed by atoms with van der Waals surface area (Å²) < 4.78 is 57.9. The average Bonchev–Trinajstić information content (AvgIpc) is 2.58. The molecule has 0 spiro atoms. The van der Waals surface area contributed by atoms with Crippen molar-refractivity contribution in [2.75, 3.05) is 0 Å². The molecular formula is C21H24F4N2O. The smallest absolute Gasteiger partial charge is 0.394 e. The molecule has 0 unspecified atom stereocenters. The van der Waals surface area contributed by atoms with Crippen molar-refractivity contribution >= 4 is 5.84 Å². The number of hydrogen-bond acceptors (Lipinski definition) is 2. The van der Waals surface area contributed by atoms with Crippen LogP contribution in [0.3, 0.4) is 0 Å². The molecule has 2 aromatic rings. The highest BCUT2D eigenvalue weighted by molar-refractivity contribution is 6.00. The van der Waals surface area contributed by atoms with Crippen molar-refractivity contribution in [1.82, 2.24) is 0 Å². The van der Waals surface area contributed by atoms with Crippen LogP contribution >= 0.6 is 0 Å². The van der Waals surface area contributed by atoms with E-state index in [-0.39, 0.29) is 35.2 Å². The van der Waals surface area contributed by atoms with Gasteiger partial charge < -0.3 is 10.5 Å². The van der Waals surface area contributed by atoms with Crippen LogP contribution in [0.1, 0.15) is 55.9 Å². The molecule has 0 aliphatic heterocycles. The maximum Gasteiger partial charge on any atom is 0.394 e. The van der Waals surface area contributed by atoms with Crippen LogP contribution in [0.15, 0.2) is 47.5 Å². The molecule has 0 atom stereocenters. The number of amidine groups is 1. The summed E-state index contributed by atoms with van der Waals surface area (Å²) in [5.74, 6) is -2.80. The van der Waals surface area contributed by atoms with E-state index in [1.165, 1.54) is 30.3 Å². The second-order valence-electron chi connectivity index (χ2n) is 7.11. The molecule has 152 valence electrons. The number of halogens is 4. The first-order chi connectivity index (χ1) is 12.9. The number of hydrogen-bond donors (Lipinski definition) is 1. The third-order valence-corrected chi connectivity index (χ3v) is 4.13. The normalized spacial score (nSPS) is 13.1. The van der Waals surface area contributed by atoms with Crippen LogP contribution < -0.4 is 10.5 Å². The van der Waals surface area contributed by atoms with Crippen LogP contribution in [0.4, 0.5) is 17.6 Å². The molecule has 0 radical (unpaired) electrons. The molecule has 0 saturated heterocycles. The number of rotatable bonds is 7. The molecule has 2 rings (SSSR count). The Morgan fingerprint density at radius 3 is 2.14 bits per heavy atom. The minimum atomic E-state index is -3.37. The monoisotopic (exact) mass is 396 g/mol. The highest BCUT2D eigenvalue weighted by atomic mass is 19.3. The SMILES string of the molecule is CC(C)c1ccc(OC(C)(F)F)c(C(N)=NCc2ccc(C(C)(F)F)cc2)c1. The summed E-state index contributed by atoms with van der Waals surface area (Å²) in [6.45, 7) is 5.52. The lowest BCUT2D eigenvalue weighted by Crippen LogP contribution is -2.23. The Hall–Kier alpha value is -2.57. The van der Waals surface area contributed by atoms with Crippen molar-refractivity contribution in [3.05, 3.63) is 64.7 Å².